The molecule has 3 heteroatoms. The Labute approximate surface area is 108 Å². The van der Waals surface area contributed by atoms with Gasteiger partial charge in [0.1, 0.15) is 5.82 Å². The molecule has 84 valence electrons. The Balaban J connectivity index is 2.81. The molecule has 1 aromatic rings. The highest BCUT2D eigenvalue weighted by molar-refractivity contribution is 9.10. The van der Waals surface area contributed by atoms with Gasteiger partial charge in [0.25, 0.3) is 0 Å². The van der Waals surface area contributed by atoms with Crippen molar-refractivity contribution in [1.82, 2.24) is 0 Å². The van der Waals surface area contributed by atoms with Gasteiger partial charge in [-0.2, -0.15) is 0 Å². The minimum absolute atomic E-state index is 0.201. The zero-order chi connectivity index (χ0) is 11.4. The lowest BCUT2D eigenvalue weighted by Crippen LogP contribution is -2.08. The fraction of sp³-hybridized carbons (Fsp3) is 0.500. The number of hydrogen-bond donors (Lipinski definition) is 0. The molecule has 0 aromatic heterocycles. The normalized spacial score (nSPS) is 15.0. The molecule has 0 nitrogen and oxygen atoms in total. The van der Waals surface area contributed by atoms with Crippen molar-refractivity contribution in [3.63, 3.8) is 0 Å². The van der Waals surface area contributed by atoms with E-state index in [0.717, 1.165) is 12.8 Å². The molecule has 0 aliphatic rings. The number of rotatable bonds is 4. The molecular weight excluding hydrogens is 323 g/mol. The van der Waals surface area contributed by atoms with E-state index in [1.165, 1.54) is 11.6 Å². The van der Waals surface area contributed by atoms with E-state index >= 15 is 0 Å². The lowest BCUT2D eigenvalue weighted by molar-refractivity contribution is 0.614. The Bertz CT molecular complexity index is 325. The monoisotopic (exact) mass is 336 g/mol. The molecule has 0 saturated carbocycles. The van der Waals surface area contributed by atoms with Gasteiger partial charge in [-0.3, -0.25) is 0 Å². The van der Waals surface area contributed by atoms with E-state index in [-0.39, 0.29) is 5.82 Å². The van der Waals surface area contributed by atoms with E-state index in [1.807, 2.05) is 12.1 Å². The van der Waals surface area contributed by atoms with Crippen LogP contribution in [0.15, 0.2) is 22.7 Å². The highest BCUT2D eigenvalue weighted by Gasteiger charge is 2.15. The Morgan fingerprint density at radius 1 is 1.40 bits per heavy atom. The van der Waals surface area contributed by atoms with Crippen LogP contribution in [0.4, 0.5) is 4.39 Å². The van der Waals surface area contributed by atoms with E-state index < -0.39 is 0 Å². The van der Waals surface area contributed by atoms with Crippen molar-refractivity contribution in [2.75, 3.05) is 0 Å². The van der Waals surface area contributed by atoms with Crippen molar-refractivity contribution in [3.05, 3.63) is 34.1 Å². The molecule has 0 heterocycles. The first-order valence-electron chi connectivity index (χ1n) is 5.15. The summed E-state index contributed by atoms with van der Waals surface area (Å²) in [7, 11) is 0. The summed E-state index contributed by atoms with van der Waals surface area (Å²) < 4.78 is 13.6. The van der Waals surface area contributed by atoms with Gasteiger partial charge in [-0.25, -0.2) is 4.39 Å². The van der Waals surface area contributed by atoms with Gasteiger partial charge in [0.05, 0.1) is 4.47 Å². The number of benzene rings is 1. The van der Waals surface area contributed by atoms with Gasteiger partial charge >= 0.3 is 0 Å². The molecule has 0 aliphatic heterocycles. The van der Waals surface area contributed by atoms with Crippen LogP contribution in [0.25, 0.3) is 0 Å². The van der Waals surface area contributed by atoms with Crippen LogP contribution in [0, 0.1) is 5.82 Å². The minimum atomic E-state index is -0.201. The molecule has 0 fully saturated rings. The average molecular weight is 338 g/mol. The molecule has 15 heavy (non-hydrogen) atoms. The van der Waals surface area contributed by atoms with Crippen LogP contribution in [0.1, 0.15) is 38.2 Å². The summed E-state index contributed by atoms with van der Waals surface area (Å²) in [5.41, 5.74) is 1.17. The molecule has 2 unspecified atom stereocenters. The second-order valence-electron chi connectivity index (χ2n) is 3.77. The summed E-state index contributed by atoms with van der Waals surface area (Å²) in [4.78, 5) is 0.458. The Hall–Kier alpha value is 0.110. The summed E-state index contributed by atoms with van der Waals surface area (Å²) in [5.74, 6) is 0.203. The molecule has 0 amide bonds. The van der Waals surface area contributed by atoms with Crippen molar-refractivity contribution < 1.29 is 4.39 Å². The average Bonchev–Trinajstić information content (AvgIpc) is 2.21. The van der Waals surface area contributed by atoms with Crippen LogP contribution in [0.3, 0.4) is 0 Å². The molecule has 0 aliphatic carbocycles. The Morgan fingerprint density at radius 3 is 2.60 bits per heavy atom. The van der Waals surface area contributed by atoms with Crippen molar-refractivity contribution >= 4 is 31.9 Å². The molecular formula is C12H15Br2F. The van der Waals surface area contributed by atoms with Crippen molar-refractivity contribution in [1.29, 1.82) is 0 Å². The second-order valence-corrected chi connectivity index (χ2v) is 5.80. The SMILES string of the molecule is CCCC(Br)C(C)c1ccc(F)c(Br)c1. The van der Waals surface area contributed by atoms with Crippen LogP contribution in [-0.2, 0) is 0 Å². The molecule has 1 rings (SSSR count). The smallest absolute Gasteiger partial charge is 0.137 e. The Morgan fingerprint density at radius 2 is 2.07 bits per heavy atom. The standard InChI is InChI=1S/C12H15Br2F/c1-3-4-10(13)8(2)9-5-6-12(15)11(14)7-9/h5-8,10H,3-4H2,1-2H3. The molecule has 0 spiro atoms. The maximum atomic E-state index is 13.1. The molecule has 0 N–H and O–H groups in total. The topological polar surface area (TPSA) is 0 Å². The minimum Gasteiger partial charge on any atom is -0.206 e. The highest BCUT2D eigenvalue weighted by atomic mass is 79.9. The summed E-state index contributed by atoms with van der Waals surface area (Å²) in [5, 5.41) is 0. The first-order valence-corrected chi connectivity index (χ1v) is 6.86. The van der Waals surface area contributed by atoms with Crippen LogP contribution >= 0.6 is 31.9 Å². The van der Waals surface area contributed by atoms with Gasteiger partial charge in [-0.1, -0.05) is 42.3 Å². The van der Waals surface area contributed by atoms with E-state index in [2.05, 4.69) is 45.7 Å². The third-order valence-corrected chi connectivity index (χ3v) is 4.43. The highest BCUT2D eigenvalue weighted by Crippen LogP contribution is 2.30. The first-order chi connectivity index (χ1) is 7.06. The van der Waals surface area contributed by atoms with Crippen molar-refractivity contribution in [2.45, 2.75) is 37.4 Å². The van der Waals surface area contributed by atoms with Crippen LogP contribution in [-0.4, -0.2) is 4.83 Å². The molecule has 2 atom stereocenters. The molecule has 0 saturated heterocycles. The number of halogens is 3. The summed E-state index contributed by atoms with van der Waals surface area (Å²) in [6.07, 6.45) is 2.29. The molecule has 0 radical (unpaired) electrons. The zero-order valence-corrected chi connectivity index (χ0v) is 12.1. The number of alkyl halides is 1. The maximum Gasteiger partial charge on any atom is 0.137 e. The predicted molar refractivity (Wildman–Crippen MR) is 70.1 cm³/mol. The van der Waals surface area contributed by atoms with E-state index in [9.17, 15) is 4.39 Å². The summed E-state index contributed by atoms with van der Waals surface area (Å²) in [6.45, 7) is 4.33. The van der Waals surface area contributed by atoms with Crippen molar-refractivity contribution in [2.24, 2.45) is 0 Å². The van der Waals surface area contributed by atoms with Gasteiger partial charge in [0.15, 0.2) is 0 Å². The van der Waals surface area contributed by atoms with Crippen LogP contribution in [0.5, 0.6) is 0 Å². The fourth-order valence-corrected chi connectivity index (χ4v) is 2.69. The molecule has 1 aromatic carbocycles. The second kappa shape index (κ2) is 6.00. The largest absolute Gasteiger partial charge is 0.206 e. The van der Waals surface area contributed by atoms with Gasteiger partial charge in [0, 0.05) is 4.83 Å². The summed E-state index contributed by atoms with van der Waals surface area (Å²) in [6, 6.07) is 5.24. The third kappa shape index (κ3) is 3.56. The predicted octanol–water partition coefficient (Wildman–Crippen LogP) is 5.26. The lowest BCUT2D eigenvalue weighted by Gasteiger charge is -2.18. The maximum absolute atomic E-state index is 13.1. The van der Waals surface area contributed by atoms with Gasteiger partial charge in [-0.05, 0) is 46.0 Å². The van der Waals surface area contributed by atoms with Crippen LogP contribution < -0.4 is 0 Å². The first kappa shape index (κ1) is 13.2. The number of hydrogen-bond acceptors (Lipinski definition) is 0. The van der Waals surface area contributed by atoms with Crippen LogP contribution in [0.2, 0.25) is 0 Å². The van der Waals surface area contributed by atoms with E-state index in [0.29, 0.717) is 15.2 Å². The molecule has 0 bridgehead atoms. The third-order valence-electron chi connectivity index (χ3n) is 2.58. The van der Waals surface area contributed by atoms with Gasteiger partial charge in [-0.15, -0.1) is 0 Å². The Kier molecular flexibility index (Phi) is 5.27. The quantitative estimate of drug-likeness (QED) is 0.658. The fourth-order valence-electron chi connectivity index (χ4n) is 1.53. The van der Waals surface area contributed by atoms with Gasteiger partial charge in [0.2, 0.25) is 0 Å². The van der Waals surface area contributed by atoms with Gasteiger partial charge < -0.3 is 0 Å². The zero-order valence-electron chi connectivity index (χ0n) is 8.93. The lowest BCUT2D eigenvalue weighted by atomic mass is 9.95. The van der Waals surface area contributed by atoms with E-state index in [4.69, 9.17) is 0 Å². The summed E-state index contributed by atoms with van der Waals surface area (Å²) >= 11 is 6.89. The van der Waals surface area contributed by atoms with E-state index in [1.54, 1.807) is 0 Å². The van der Waals surface area contributed by atoms with Crippen molar-refractivity contribution in [3.8, 4) is 0 Å².